The molecule has 0 bridgehead atoms. The number of hydrogen-bond donors (Lipinski definition) is 2. The van der Waals surface area contributed by atoms with Crippen LogP contribution in [0.4, 0.5) is 17.1 Å². The van der Waals surface area contributed by atoms with Crippen LogP contribution in [-0.4, -0.2) is 31.5 Å². The van der Waals surface area contributed by atoms with Gasteiger partial charge in [-0.2, -0.15) is 0 Å². The summed E-state index contributed by atoms with van der Waals surface area (Å²) in [4.78, 5) is 19.3. The van der Waals surface area contributed by atoms with Gasteiger partial charge in [0.15, 0.2) is 0 Å². The van der Waals surface area contributed by atoms with E-state index in [2.05, 4.69) is 42.5 Å². The summed E-state index contributed by atoms with van der Waals surface area (Å²) in [5.41, 5.74) is 5.65. The Morgan fingerprint density at radius 1 is 0.968 bits per heavy atom. The topological polar surface area (TPSA) is 57.3 Å². The molecule has 0 spiro atoms. The summed E-state index contributed by atoms with van der Waals surface area (Å²) in [6, 6.07) is 19.8. The third-order valence-electron chi connectivity index (χ3n) is 5.17. The molecule has 2 N–H and O–H groups in total. The molecule has 5 nitrogen and oxygen atoms in total. The second-order valence-electron chi connectivity index (χ2n) is 8.91. The Bertz CT molecular complexity index is 1010. The van der Waals surface area contributed by atoms with Crippen molar-refractivity contribution in [1.82, 2.24) is 4.98 Å². The van der Waals surface area contributed by atoms with E-state index in [1.807, 2.05) is 79.8 Å². The maximum Gasteiger partial charge on any atom is 0.257 e. The van der Waals surface area contributed by atoms with Crippen molar-refractivity contribution in [2.45, 2.75) is 32.6 Å². The summed E-state index contributed by atoms with van der Waals surface area (Å²) in [7, 11) is 3.92. The molecule has 3 rings (SSSR count). The summed E-state index contributed by atoms with van der Waals surface area (Å²) in [6.07, 6.45) is 2.67. The highest BCUT2D eigenvalue weighted by molar-refractivity contribution is 6.08. The Labute approximate surface area is 185 Å². The molecule has 0 aliphatic carbocycles. The number of aromatic nitrogens is 1. The molecule has 31 heavy (non-hydrogen) atoms. The Hall–Kier alpha value is -3.34. The molecule has 3 aromatic rings. The third-order valence-corrected chi connectivity index (χ3v) is 5.17. The predicted molar refractivity (Wildman–Crippen MR) is 130 cm³/mol. The van der Waals surface area contributed by atoms with Gasteiger partial charge in [-0.05, 0) is 59.5 Å². The fourth-order valence-corrected chi connectivity index (χ4v) is 3.31. The molecule has 0 aliphatic heterocycles. The Morgan fingerprint density at radius 2 is 1.68 bits per heavy atom. The fraction of sp³-hybridized carbons (Fsp3) is 0.308. The minimum Gasteiger partial charge on any atom is -0.385 e. The van der Waals surface area contributed by atoms with E-state index >= 15 is 0 Å². The highest BCUT2D eigenvalue weighted by Crippen LogP contribution is 2.29. The highest BCUT2D eigenvalue weighted by Gasteiger charge is 2.19. The number of amides is 1. The van der Waals surface area contributed by atoms with E-state index in [0.29, 0.717) is 5.56 Å². The minimum atomic E-state index is -0.111. The molecule has 0 aliphatic rings. The van der Waals surface area contributed by atoms with Gasteiger partial charge in [0.2, 0.25) is 0 Å². The number of hydrogen-bond acceptors (Lipinski definition) is 4. The fourth-order valence-electron chi connectivity index (χ4n) is 3.31. The number of anilines is 3. The van der Waals surface area contributed by atoms with Crippen LogP contribution in [0.15, 0.2) is 66.9 Å². The lowest BCUT2D eigenvalue weighted by Gasteiger charge is -2.24. The molecule has 1 heterocycles. The van der Waals surface area contributed by atoms with E-state index < -0.39 is 0 Å². The van der Waals surface area contributed by atoms with Gasteiger partial charge in [0.05, 0.1) is 5.56 Å². The van der Waals surface area contributed by atoms with E-state index in [4.69, 9.17) is 0 Å². The molecule has 0 unspecified atom stereocenters. The van der Waals surface area contributed by atoms with E-state index in [1.54, 1.807) is 0 Å². The highest BCUT2D eigenvalue weighted by atomic mass is 16.1. The van der Waals surface area contributed by atoms with Gasteiger partial charge in [-0.25, -0.2) is 0 Å². The summed E-state index contributed by atoms with van der Waals surface area (Å²) in [5, 5.41) is 6.41. The monoisotopic (exact) mass is 416 g/mol. The first-order chi connectivity index (χ1) is 14.7. The SMILES string of the molecule is CN(C)c1cc(C(C)(C)C)ccc1C(=O)Nc1ccc(NCCc2ccccn2)cc1. The van der Waals surface area contributed by atoms with Crippen LogP contribution in [0, 0.1) is 0 Å². The van der Waals surface area contributed by atoms with E-state index in [9.17, 15) is 4.79 Å². The van der Waals surface area contributed by atoms with E-state index in [-0.39, 0.29) is 11.3 Å². The van der Waals surface area contributed by atoms with Crippen LogP contribution >= 0.6 is 0 Å². The zero-order valence-corrected chi connectivity index (χ0v) is 19.1. The number of benzene rings is 2. The van der Waals surface area contributed by atoms with Crippen molar-refractivity contribution in [3.63, 3.8) is 0 Å². The Kier molecular flexibility index (Phi) is 6.95. The standard InChI is InChI=1S/C26H32N4O/c1-26(2,3)19-9-14-23(24(18-19)30(4)5)25(31)29-22-12-10-21(11-13-22)28-17-15-20-8-6-7-16-27-20/h6-14,16,18,28H,15,17H2,1-5H3,(H,29,31). The zero-order chi connectivity index (χ0) is 22.4. The van der Waals surface area contributed by atoms with Crippen LogP contribution in [0.3, 0.4) is 0 Å². The minimum absolute atomic E-state index is 0.0270. The Balaban J connectivity index is 1.64. The molecule has 1 amide bonds. The summed E-state index contributed by atoms with van der Waals surface area (Å²) >= 11 is 0. The van der Waals surface area contributed by atoms with Crippen molar-refractivity contribution in [1.29, 1.82) is 0 Å². The van der Waals surface area contributed by atoms with E-state index in [0.717, 1.165) is 35.7 Å². The molecular formula is C26H32N4O. The van der Waals surface area contributed by atoms with Crippen LogP contribution < -0.4 is 15.5 Å². The van der Waals surface area contributed by atoms with Crippen molar-refractivity contribution in [2.75, 3.05) is 36.2 Å². The lowest BCUT2D eigenvalue weighted by molar-refractivity contribution is 0.102. The second-order valence-corrected chi connectivity index (χ2v) is 8.91. The van der Waals surface area contributed by atoms with Gasteiger partial charge < -0.3 is 15.5 Å². The van der Waals surface area contributed by atoms with Gasteiger partial charge in [-0.1, -0.05) is 32.9 Å². The maximum absolute atomic E-state index is 13.0. The molecular weight excluding hydrogens is 384 g/mol. The summed E-state index contributed by atoms with van der Waals surface area (Å²) < 4.78 is 0. The number of rotatable bonds is 7. The van der Waals surface area contributed by atoms with Gasteiger partial charge in [0.1, 0.15) is 0 Å². The van der Waals surface area contributed by atoms with Crippen molar-refractivity contribution < 1.29 is 4.79 Å². The quantitative estimate of drug-likeness (QED) is 0.545. The molecule has 0 radical (unpaired) electrons. The Morgan fingerprint density at radius 3 is 2.29 bits per heavy atom. The van der Waals surface area contributed by atoms with Crippen molar-refractivity contribution in [2.24, 2.45) is 0 Å². The molecule has 0 atom stereocenters. The molecule has 0 fully saturated rings. The molecule has 2 aromatic carbocycles. The average molecular weight is 417 g/mol. The van der Waals surface area contributed by atoms with Crippen LogP contribution in [0.1, 0.15) is 42.4 Å². The number of carbonyl (C=O) groups is 1. The van der Waals surface area contributed by atoms with Crippen molar-refractivity contribution in [3.8, 4) is 0 Å². The number of carbonyl (C=O) groups excluding carboxylic acids is 1. The summed E-state index contributed by atoms with van der Waals surface area (Å²) in [5.74, 6) is -0.111. The zero-order valence-electron chi connectivity index (χ0n) is 19.1. The normalized spacial score (nSPS) is 11.1. The lowest BCUT2D eigenvalue weighted by Crippen LogP contribution is -2.20. The van der Waals surface area contributed by atoms with Crippen molar-refractivity contribution >= 4 is 23.0 Å². The van der Waals surface area contributed by atoms with Crippen LogP contribution in [0.5, 0.6) is 0 Å². The molecule has 1 aromatic heterocycles. The summed E-state index contributed by atoms with van der Waals surface area (Å²) in [6.45, 7) is 7.32. The lowest BCUT2D eigenvalue weighted by atomic mass is 9.86. The van der Waals surface area contributed by atoms with Gasteiger partial charge in [-0.15, -0.1) is 0 Å². The molecule has 162 valence electrons. The largest absolute Gasteiger partial charge is 0.385 e. The first kappa shape index (κ1) is 22.3. The van der Waals surface area contributed by atoms with Gasteiger partial charge >= 0.3 is 0 Å². The van der Waals surface area contributed by atoms with Crippen LogP contribution in [-0.2, 0) is 11.8 Å². The number of pyridine rings is 1. The number of nitrogens with zero attached hydrogens (tertiary/aromatic N) is 2. The second kappa shape index (κ2) is 9.65. The third kappa shape index (κ3) is 6.07. The molecule has 0 saturated carbocycles. The number of nitrogens with one attached hydrogen (secondary N) is 2. The maximum atomic E-state index is 13.0. The molecule has 0 saturated heterocycles. The van der Waals surface area contributed by atoms with E-state index in [1.165, 1.54) is 5.56 Å². The van der Waals surface area contributed by atoms with Crippen LogP contribution in [0.2, 0.25) is 0 Å². The van der Waals surface area contributed by atoms with Gasteiger partial charge in [0.25, 0.3) is 5.91 Å². The predicted octanol–water partition coefficient (Wildman–Crippen LogP) is 5.35. The van der Waals surface area contributed by atoms with Crippen LogP contribution in [0.25, 0.3) is 0 Å². The van der Waals surface area contributed by atoms with Gasteiger partial charge in [-0.3, -0.25) is 9.78 Å². The van der Waals surface area contributed by atoms with Gasteiger partial charge in [0, 0.05) is 56.0 Å². The van der Waals surface area contributed by atoms with Crippen molar-refractivity contribution in [3.05, 3.63) is 83.7 Å². The smallest absolute Gasteiger partial charge is 0.257 e. The average Bonchev–Trinajstić information content (AvgIpc) is 2.74. The first-order valence-electron chi connectivity index (χ1n) is 10.6. The first-order valence-corrected chi connectivity index (χ1v) is 10.6. The molecule has 5 heteroatoms.